The van der Waals surface area contributed by atoms with Gasteiger partial charge in [-0.25, -0.2) is 0 Å². The summed E-state index contributed by atoms with van der Waals surface area (Å²) in [7, 11) is 0. The Bertz CT molecular complexity index is 29.2. The molecule has 0 saturated carbocycles. The van der Waals surface area contributed by atoms with E-state index >= 15 is 0 Å². The van der Waals surface area contributed by atoms with E-state index in [0.29, 0.717) is 0 Å². The van der Waals surface area contributed by atoms with Crippen molar-refractivity contribution >= 4 is 0 Å². The Hall–Kier alpha value is -0.160. The molecule has 0 aromatic heterocycles. The van der Waals surface area contributed by atoms with Crippen LogP contribution < -0.4 is 22.5 Å². The van der Waals surface area contributed by atoms with Gasteiger partial charge in [0.2, 0.25) is 0 Å². The van der Waals surface area contributed by atoms with Crippen LogP contribution in [0.15, 0.2) is 0 Å². The van der Waals surface area contributed by atoms with E-state index in [2.05, 4.69) is 0 Å². The SMILES string of the molecule is CC(C)[O-].CC(C)[O-].[NH4+].[NH4+]. The molecule has 0 bridgehead atoms. The highest BCUT2D eigenvalue weighted by Gasteiger charge is 1.53. The fourth-order valence-electron chi connectivity index (χ4n) is 0. The fraction of sp³-hybridized carbons (Fsp3) is 1.00. The molecule has 68 valence electrons. The maximum absolute atomic E-state index is 9.53. The average Bonchev–Trinajstić information content (AvgIpc) is 1.25. The first-order chi connectivity index (χ1) is 3.46. The Morgan fingerprint density at radius 2 is 0.700 bits per heavy atom. The predicted octanol–water partition coefficient (Wildman–Crippen LogP) is 0.263. The van der Waals surface area contributed by atoms with Crippen LogP contribution in [0.25, 0.3) is 0 Å². The molecule has 0 spiro atoms. The van der Waals surface area contributed by atoms with Crippen LogP contribution in [0.4, 0.5) is 0 Å². The summed E-state index contributed by atoms with van der Waals surface area (Å²) >= 11 is 0. The van der Waals surface area contributed by atoms with Crippen molar-refractivity contribution in [3.05, 3.63) is 0 Å². The van der Waals surface area contributed by atoms with Gasteiger partial charge in [0.1, 0.15) is 0 Å². The van der Waals surface area contributed by atoms with E-state index in [-0.39, 0.29) is 12.3 Å². The molecule has 4 nitrogen and oxygen atoms in total. The monoisotopic (exact) mass is 154 g/mol. The van der Waals surface area contributed by atoms with Crippen molar-refractivity contribution in [2.45, 2.75) is 39.9 Å². The van der Waals surface area contributed by atoms with Crippen LogP contribution in [0, 0.1) is 0 Å². The van der Waals surface area contributed by atoms with Crippen LogP contribution in [-0.2, 0) is 0 Å². The van der Waals surface area contributed by atoms with Gasteiger partial charge in [0.15, 0.2) is 0 Å². The van der Waals surface area contributed by atoms with Crippen LogP contribution in [0.2, 0.25) is 0 Å². The van der Waals surface area contributed by atoms with E-state index in [1.54, 1.807) is 27.7 Å². The highest BCUT2D eigenvalue weighted by Crippen LogP contribution is 1.57. The van der Waals surface area contributed by atoms with Gasteiger partial charge in [-0.15, -0.1) is 12.2 Å². The summed E-state index contributed by atoms with van der Waals surface area (Å²) in [6.07, 6.45) is -0.833. The molecule has 0 atom stereocenters. The molecule has 8 N–H and O–H groups in total. The molecule has 0 unspecified atom stereocenters. The summed E-state index contributed by atoms with van der Waals surface area (Å²) in [4.78, 5) is 0. The van der Waals surface area contributed by atoms with Crippen LogP contribution in [0.1, 0.15) is 27.7 Å². The summed E-state index contributed by atoms with van der Waals surface area (Å²) in [5.74, 6) is 0. The molecule has 0 aliphatic carbocycles. The van der Waals surface area contributed by atoms with E-state index in [9.17, 15) is 10.2 Å². The van der Waals surface area contributed by atoms with Gasteiger partial charge >= 0.3 is 0 Å². The normalized spacial score (nSPS) is 7.20. The van der Waals surface area contributed by atoms with Gasteiger partial charge < -0.3 is 22.5 Å². The van der Waals surface area contributed by atoms with Crippen molar-refractivity contribution in [1.29, 1.82) is 0 Å². The Kier molecular flexibility index (Phi) is 35.9. The standard InChI is InChI=1S/2C3H7O.2H3N/c2*1-3(2)4;;/h2*3H,1-2H3;2*1H3/q2*-1;;/p+2. The molecule has 0 heterocycles. The molecule has 0 aliphatic rings. The van der Waals surface area contributed by atoms with Crippen molar-refractivity contribution in [2.75, 3.05) is 0 Å². The van der Waals surface area contributed by atoms with Gasteiger partial charge in [-0.1, -0.05) is 27.7 Å². The van der Waals surface area contributed by atoms with Crippen molar-refractivity contribution in [1.82, 2.24) is 12.3 Å². The van der Waals surface area contributed by atoms with Crippen molar-refractivity contribution in [3.8, 4) is 0 Å². The fourth-order valence-corrected chi connectivity index (χ4v) is 0. The zero-order valence-electron chi connectivity index (χ0n) is 7.97. The molecule has 0 fully saturated rings. The minimum Gasteiger partial charge on any atom is -0.852 e. The third kappa shape index (κ3) is 14300. The molecule has 0 rings (SSSR count). The highest BCUT2D eigenvalue weighted by atomic mass is 16.3. The number of hydrogen-bond acceptors (Lipinski definition) is 2. The Morgan fingerprint density at radius 3 is 0.700 bits per heavy atom. The maximum atomic E-state index is 9.53. The molecule has 4 heteroatoms. The third-order valence-corrected chi connectivity index (χ3v) is 0. The minimum absolute atomic E-state index is 0. The molecule has 0 saturated heterocycles. The number of quaternary nitrogens is 2. The Labute approximate surface area is 63.4 Å². The molecule has 0 radical (unpaired) electrons. The first kappa shape index (κ1) is 22.5. The predicted molar refractivity (Wildman–Crippen MR) is 42.2 cm³/mol. The smallest absolute Gasteiger partial charge is 0.0783 e. The molecule has 10 heavy (non-hydrogen) atoms. The summed E-state index contributed by atoms with van der Waals surface area (Å²) < 4.78 is 0. The molecular weight excluding hydrogens is 132 g/mol. The zero-order chi connectivity index (χ0) is 7.15. The zero-order valence-corrected chi connectivity index (χ0v) is 7.97. The lowest BCUT2D eigenvalue weighted by Gasteiger charge is -2.02. The topological polar surface area (TPSA) is 119 Å². The molecule has 0 aliphatic heterocycles. The highest BCUT2D eigenvalue weighted by molar-refractivity contribution is 4.17. The second-order valence-corrected chi connectivity index (χ2v) is 2.10. The molecular formula is C6H22N2O2. The average molecular weight is 154 g/mol. The Morgan fingerprint density at radius 1 is 0.700 bits per heavy atom. The van der Waals surface area contributed by atoms with Crippen molar-refractivity contribution in [2.24, 2.45) is 0 Å². The summed E-state index contributed by atoms with van der Waals surface area (Å²) in [5, 5.41) is 19.1. The van der Waals surface area contributed by atoms with Crippen LogP contribution in [0.5, 0.6) is 0 Å². The van der Waals surface area contributed by atoms with Crippen LogP contribution in [-0.4, -0.2) is 12.2 Å². The summed E-state index contributed by atoms with van der Waals surface area (Å²) in [6.45, 7) is 6.44. The van der Waals surface area contributed by atoms with Gasteiger partial charge in [0, 0.05) is 0 Å². The van der Waals surface area contributed by atoms with Gasteiger partial charge in [0.05, 0.1) is 0 Å². The lowest BCUT2D eigenvalue weighted by atomic mass is 10.5. The first-order valence-electron chi connectivity index (χ1n) is 2.78. The molecule has 0 amide bonds. The molecule has 0 aromatic carbocycles. The third-order valence-electron chi connectivity index (χ3n) is 0. The summed E-state index contributed by atoms with van der Waals surface area (Å²) in [6, 6.07) is 0. The lowest BCUT2D eigenvalue weighted by molar-refractivity contribution is -0.408. The molecule has 0 aromatic rings. The van der Waals surface area contributed by atoms with Gasteiger partial charge in [-0.2, -0.15) is 0 Å². The van der Waals surface area contributed by atoms with Crippen LogP contribution in [0.3, 0.4) is 0 Å². The van der Waals surface area contributed by atoms with E-state index in [4.69, 9.17) is 0 Å². The van der Waals surface area contributed by atoms with Gasteiger partial charge in [-0.05, 0) is 0 Å². The number of rotatable bonds is 0. The first-order valence-corrected chi connectivity index (χ1v) is 2.78. The van der Waals surface area contributed by atoms with E-state index in [0.717, 1.165) is 0 Å². The van der Waals surface area contributed by atoms with Gasteiger partial charge in [-0.3, -0.25) is 0 Å². The lowest BCUT2D eigenvalue weighted by Crippen LogP contribution is -2.14. The summed E-state index contributed by atoms with van der Waals surface area (Å²) in [5.41, 5.74) is 0. The minimum atomic E-state index is -0.417. The second-order valence-electron chi connectivity index (χ2n) is 2.10. The van der Waals surface area contributed by atoms with E-state index in [1.807, 2.05) is 0 Å². The van der Waals surface area contributed by atoms with Gasteiger partial charge in [0.25, 0.3) is 0 Å². The van der Waals surface area contributed by atoms with E-state index in [1.165, 1.54) is 0 Å². The largest absolute Gasteiger partial charge is 0.852 e. The number of hydrogen-bond donors (Lipinski definition) is 2. The van der Waals surface area contributed by atoms with Crippen LogP contribution >= 0.6 is 0 Å². The Balaban J connectivity index is -0.0000000300. The quantitative estimate of drug-likeness (QED) is 0.520. The van der Waals surface area contributed by atoms with Crippen molar-refractivity contribution in [3.63, 3.8) is 0 Å². The van der Waals surface area contributed by atoms with Crippen molar-refractivity contribution < 1.29 is 10.2 Å². The second kappa shape index (κ2) is 15.9. The van der Waals surface area contributed by atoms with E-state index < -0.39 is 12.2 Å². The maximum Gasteiger partial charge on any atom is -0.0783 e.